The van der Waals surface area contributed by atoms with Crippen molar-refractivity contribution in [3.05, 3.63) is 84.4 Å². The van der Waals surface area contributed by atoms with E-state index < -0.39 is 34.5 Å². The lowest BCUT2D eigenvalue weighted by Gasteiger charge is -2.23. The first-order chi connectivity index (χ1) is 15.7. The van der Waals surface area contributed by atoms with E-state index in [4.69, 9.17) is 16.3 Å². The molecule has 0 aliphatic rings. The fourth-order valence-electron chi connectivity index (χ4n) is 2.58. The average Bonchev–Trinajstić information content (AvgIpc) is 2.80. The van der Waals surface area contributed by atoms with Crippen molar-refractivity contribution in [2.75, 3.05) is 24.0 Å². The molecule has 0 atom stereocenters. The summed E-state index contributed by atoms with van der Waals surface area (Å²) in [7, 11) is -4.09. The van der Waals surface area contributed by atoms with Gasteiger partial charge in [-0.25, -0.2) is 18.0 Å². The van der Waals surface area contributed by atoms with Crippen LogP contribution >= 0.6 is 11.6 Å². The largest absolute Gasteiger partial charge is 0.452 e. The number of benzene rings is 2. The number of anilines is 1. The van der Waals surface area contributed by atoms with Gasteiger partial charge in [-0.1, -0.05) is 42.0 Å². The van der Waals surface area contributed by atoms with Crippen LogP contribution in [0.25, 0.3) is 0 Å². The average molecular weight is 492 g/mol. The van der Waals surface area contributed by atoms with E-state index in [1.165, 1.54) is 24.3 Å². The van der Waals surface area contributed by atoms with Crippen molar-refractivity contribution in [3.8, 4) is 0 Å². The number of ether oxygens (including phenoxy) is 1. The second kappa shape index (κ2) is 11.8. The summed E-state index contributed by atoms with van der Waals surface area (Å²) in [5.74, 6) is -1.92. The van der Waals surface area contributed by atoms with Gasteiger partial charge in [0.05, 0.1) is 27.7 Å². The van der Waals surface area contributed by atoms with Gasteiger partial charge in [-0.05, 0) is 30.3 Å². The van der Waals surface area contributed by atoms with E-state index in [1.54, 1.807) is 30.3 Å². The van der Waals surface area contributed by atoms with Crippen molar-refractivity contribution in [3.63, 3.8) is 0 Å². The molecule has 3 amide bonds. The molecule has 2 aromatic carbocycles. The van der Waals surface area contributed by atoms with E-state index in [1.807, 2.05) is 5.32 Å². The zero-order valence-electron chi connectivity index (χ0n) is 17.5. The summed E-state index contributed by atoms with van der Waals surface area (Å²) >= 11 is 6.06. The topological polar surface area (TPSA) is 122 Å². The molecule has 0 saturated heterocycles. The Bertz CT molecular complexity index is 1150. The van der Waals surface area contributed by atoms with E-state index in [0.29, 0.717) is 5.69 Å². The van der Waals surface area contributed by atoms with Gasteiger partial charge in [-0.15, -0.1) is 13.2 Å². The Hall–Kier alpha value is -3.63. The third-order valence-corrected chi connectivity index (χ3v) is 6.20. The number of nitrogens with one attached hydrogen (secondary N) is 2. The van der Waals surface area contributed by atoms with Crippen LogP contribution in [-0.4, -0.2) is 46.0 Å². The molecule has 2 rings (SSSR count). The van der Waals surface area contributed by atoms with E-state index in [2.05, 4.69) is 18.5 Å². The number of carbonyl (C=O) groups excluding carboxylic acids is 3. The van der Waals surface area contributed by atoms with Crippen LogP contribution in [0.3, 0.4) is 0 Å². The first-order valence-electron chi connectivity index (χ1n) is 9.54. The number of hydrogen-bond donors (Lipinski definition) is 2. The molecule has 2 aromatic rings. The zero-order chi connectivity index (χ0) is 24.4. The second-order valence-corrected chi connectivity index (χ2v) is 8.69. The molecule has 0 saturated carbocycles. The van der Waals surface area contributed by atoms with Gasteiger partial charge in [0.15, 0.2) is 6.61 Å². The summed E-state index contributed by atoms with van der Waals surface area (Å²) in [6.07, 6.45) is 2.85. The third-order valence-electron chi connectivity index (χ3n) is 4.08. The van der Waals surface area contributed by atoms with Crippen LogP contribution in [-0.2, 0) is 19.6 Å². The molecule has 0 aliphatic carbocycles. The highest BCUT2D eigenvalue weighted by Crippen LogP contribution is 2.27. The molecule has 2 N–H and O–H groups in total. The number of esters is 1. The third kappa shape index (κ3) is 6.93. The lowest BCUT2D eigenvalue weighted by Crippen LogP contribution is -2.41. The van der Waals surface area contributed by atoms with E-state index in [0.717, 1.165) is 10.4 Å². The normalized spacial score (nSPS) is 10.6. The van der Waals surface area contributed by atoms with Crippen LogP contribution in [0.15, 0.2) is 78.7 Å². The number of carbonyl (C=O) groups is 3. The second-order valence-electron chi connectivity index (χ2n) is 6.43. The summed E-state index contributed by atoms with van der Waals surface area (Å²) in [4.78, 5) is 35.4. The molecule has 0 fully saturated rings. The highest BCUT2D eigenvalue weighted by molar-refractivity contribution is 7.92. The van der Waals surface area contributed by atoms with Crippen molar-refractivity contribution < 1.29 is 27.5 Å². The van der Waals surface area contributed by atoms with Gasteiger partial charge in [-0.2, -0.15) is 0 Å². The van der Waals surface area contributed by atoms with Gasteiger partial charge in [0.2, 0.25) is 0 Å². The van der Waals surface area contributed by atoms with Crippen LogP contribution in [0.4, 0.5) is 10.5 Å². The zero-order valence-corrected chi connectivity index (χ0v) is 19.1. The molecule has 174 valence electrons. The molecule has 0 bridgehead atoms. The summed E-state index contributed by atoms with van der Waals surface area (Å²) in [5, 5.41) is 4.21. The molecular weight excluding hydrogens is 470 g/mol. The maximum absolute atomic E-state index is 13.2. The van der Waals surface area contributed by atoms with Crippen molar-refractivity contribution >= 4 is 45.2 Å². The monoisotopic (exact) mass is 491 g/mol. The SMILES string of the molecule is C=CCNC(=O)NC(=O)COC(=O)c1cc(S(=O)(=O)N(CC=C)c2ccccc2)ccc1Cl. The van der Waals surface area contributed by atoms with Gasteiger partial charge in [-0.3, -0.25) is 14.4 Å². The Balaban J connectivity index is 2.21. The Labute approximate surface area is 196 Å². The van der Waals surface area contributed by atoms with E-state index in [9.17, 15) is 22.8 Å². The van der Waals surface area contributed by atoms with E-state index in [-0.39, 0.29) is 28.6 Å². The van der Waals surface area contributed by atoms with Crippen LogP contribution in [0.5, 0.6) is 0 Å². The number of hydrogen-bond acceptors (Lipinski definition) is 6. The smallest absolute Gasteiger partial charge is 0.340 e. The van der Waals surface area contributed by atoms with Crippen molar-refractivity contribution in [1.29, 1.82) is 0 Å². The summed E-state index contributed by atoms with van der Waals surface area (Å²) < 4.78 is 32.5. The first-order valence-corrected chi connectivity index (χ1v) is 11.4. The Morgan fingerprint density at radius 2 is 1.76 bits per heavy atom. The minimum Gasteiger partial charge on any atom is -0.452 e. The standard InChI is InChI=1S/C22H22ClN3O6S/c1-3-12-24-22(29)25-20(27)15-32-21(28)18-14-17(10-11-19(18)23)33(30,31)26(13-4-2)16-8-6-5-7-9-16/h3-11,14H,1-2,12-13,15H2,(H2,24,25,27,29). The molecule has 11 heteroatoms. The quantitative estimate of drug-likeness (QED) is 0.389. The number of urea groups is 1. The molecular formula is C22H22ClN3O6S. The number of imide groups is 1. The minimum atomic E-state index is -4.09. The molecule has 0 spiro atoms. The van der Waals surface area contributed by atoms with Gasteiger partial charge >= 0.3 is 12.0 Å². The number of sulfonamides is 1. The fourth-order valence-corrected chi connectivity index (χ4v) is 4.24. The molecule has 0 radical (unpaired) electrons. The number of rotatable bonds is 10. The van der Waals surface area contributed by atoms with Crippen LogP contribution in [0.1, 0.15) is 10.4 Å². The predicted octanol–water partition coefficient (Wildman–Crippen LogP) is 2.89. The molecule has 33 heavy (non-hydrogen) atoms. The molecule has 0 heterocycles. The van der Waals surface area contributed by atoms with Gasteiger partial charge in [0, 0.05) is 6.54 Å². The molecule has 9 nitrogen and oxygen atoms in total. The molecule has 0 aromatic heterocycles. The summed E-state index contributed by atoms with van der Waals surface area (Å²) in [6, 6.07) is 11.1. The Morgan fingerprint density at radius 3 is 2.39 bits per heavy atom. The number of nitrogens with zero attached hydrogens (tertiary/aromatic N) is 1. The highest BCUT2D eigenvalue weighted by Gasteiger charge is 2.26. The fraction of sp³-hybridized carbons (Fsp3) is 0.136. The van der Waals surface area contributed by atoms with Gasteiger partial charge in [0.25, 0.3) is 15.9 Å². The lowest BCUT2D eigenvalue weighted by molar-refractivity contribution is -0.123. The molecule has 0 unspecified atom stereocenters. The minimum absolute atomic E-state index is 0.0111. The van der Waals surface area contributed by atoms with Gasteiger partial charge < -0.3 is 10.1 Å². The first kappa shape index (κ1) is 25.6. The summed E-state index contributed by atoms with van der Waals surface area (Å²) in [6.45, 7) is 6.37. The lowest BCUT2D eigenvalue weighted by atomic mass is 10.2. The van der Waals surface area contributed by atoms with Crippen LogP contribution in [0, 0.1) is 0 Å². The Kier molecular flexibility index (Phi) is 9.19. The maximum Gasteiger partial charge on any atom is 0.340 e. The van der Waals surface area contributed by atoms with Crippen molar-refractivity contribution in [2.45, 2.75) is 4.90 Å². The van der Waals surface area contributed by atoms with Crippen LogP contribution < -0.4 is 14.9 Å². The highest BCUT2D eigenvalue weighted by atomic mass is 35.5. The molecule has 0 aliphatic heterocycles. The van der Waals surface area contributed by atoms with Crippen LogP contribution in [0.2, 0.25) is 5.02 Å². The van der Waals surface area contributed by atoms with Crippen molar-refractivity contribution in [2.24, 2.45) is 0 Å². The number of para-hydroxylation sites is 1. The maximum atomic E-state index is 13.2. The van der Waals surface area contributed by atoms with Crippen molar-refractivity contribution in [1.82, 2.24) is 10.6 Å². The number of amides is 3. The van der Waals surface area contributed by atoms with E-state index >= 15 is 0 Å². The number of halogens is 1. The Morgan fingerprint density at radius 1 is 1.06 bits per heavy atom. The predicted molar refractivity (Wildman–Crippen MR) is 125 cm³/mol. The van der Waals surface area contributed by atoms with Gasteiger partial charge in [0.1, 0.15) is 0 Å². The summed E-state index contributed by atoms with van der Waals surface area (Å²) in [5.41, 5.74) is 0.149.